The molecule has 1 amide bonds. The first-order chi connectivity index (χ1) is 15.5. The van der Waals surface area contributed by atoms with Gasteiger partial charge in [0.1, 0.15) is 23.8 Å². The van der Waals surface area contributed by atoms with Crippen molar-refractivity contribution in [2.24, 2.45) is 0 Å². The largest absolute Gasteiger partial charge is 0.497 e. The number of carbonyl (C=O) groups is 1. The van der Waals surface area contributed by atoms with E-state index in [1.165, 1.54) is 31.0 Å². The van der Waals surface area contributed by atoms with Crippen molar-refractivity contribution in [1.29, 1.82) is 0 Å². The number of methoxy groups -OCH3 is 2. The van der Waals surface area contributed by atoms with Crippen LogP contribution in [-0.4, -0.2) is 39.3 Å². The van der Waals surface area contributed by atoms with E-state index in [1.807, 2.05) is 19.1 Å². The van der Waals surface area contributed by atoms with Crippen LogP contribution in [0.4, 0.5) is 5.69 Å². The lowest BCUT2D eigenvalue weighted by atomic mass is 10.2. The fraction of sp³-hybridized carbons (Fsp3) is 0.182. The van der Waals surface area contributed by atoms with Gasteiger partial charge in [0.25, 0.3) is 5.88 Å². The zero-order chi connectivity index (χ0) is 22.7. The fourth-order valence-electron chi connectivity index (χ4n) is 3.06. The van der Waals surface area contributed by atoms with Gasteiger partial charge in [-0.05, 0) is 31.2 Å². The number of nitrogens with one attached hydrogen (secondary N) is 1. The van der Waals surface area contributed by atoms with E-state index in [0.717, 1.165) is 10.2 Å². The molecule has 164 valence electrons. The number of nitrogens with zero attached hydrogens (tertiary/aromatic N) is 4. The van der Waals surface area contributed by atoms with E-state index in [2.05, 4.69) is 15.4 Å². The smallest absolute Gasteiger partial charge is 0.351 e. The van der Waals surface area contributed by atoms with Crippen LogP contribution in [0, 0.1) is 6.92 Å². The van der Waals surface area contributed by atoms with Crippen molar-refractivity contribution in [1.82, 2.24) is 19.2 Å². The molecule has 0 saturated heterocycles. The van der Waals surface area contributed by atoms with Gasteiger partial charge in [-0.15, -0.1) is 5.10 Å². The van der Waals surface area contributed by atoms with Gasteiger partial charge in [-0.3, -0.25) is 4.79 Å². The summed E-state index contributed by atoms with van der Waals surface area (Å²) in [6.45, 7) is 1.65. The van der Waals surface area contributed by atoms with Gasteiger partial charge < -0.3 is 19.5 Å². The predicted octanol–water partition coefficient (Wildman–Crippen LogP) is 2.65. The summed E-state index contributed by atoms with van der Waals surface area (Å²) in [5.74, 6) is 1.26. The number of amides is 1. The number of benzene rings is 2. The quantitative estimate of drug-likeness (QED) is 0.475. The summed E-state index contributed by atoms with van der Waals surface area (Å²) in [6, 6.07) is 12.4. The first kappa shape index (κ1) is 20.9. The molecular weight excluding hydrogens is 414 g/mol. The summed E-state index contributed by atoms with van der Waals surface area (Å²) in [5.41, 5.74) is 1.20. The van der Waals surface area contributed by atoms with Gasteiger partial charge in [-0.2, -0.15) is 0 Å². The van der Waals surface area contributed by atoms with Gasteiger partial charge in [0.05, 0.1) is 19.9 Å². The molecule has 32 heavy (non-hydrogen) atoms. The molecule has 0 aliphatic heterocycles. The maximum absolute atomic E-state index is 12.7. The number of rotatable bonds is 7. The normalized spacial score (nSPS) is 10.7. The Morgan fingerprint density at radius 1 is 1.06 bits per heavy atom. The van der Waals surface area contributed by atoms with E-state index in [0.29, 0.717) is 22.9 Å². The molecule has 2 aromatic heterocycles. The highest BCUT2D eigenvalue weighted by molar-refractivity contribution is 5.92. The summed E-state index contributed by atoms with van der Waals surface area (Å²) in [4.78, 5) is 29.5. The van der Waals surface area contributed by atoms with Crippen LogP contribution in [0.2, 0.25) is 0 Å². The maximum Gasteiger partial charge on any atom is 0.351 e. The van der Waals surface area contributed by atoms with E-state index in [-0.39, 0.29) is 18.1 Å². The number of ether oxygens (including phenoxy) is 3. The maximum atomic E-state index is 12.7. The van der Waals surface area contributed by atoms with E-state index in [9.17, 15) is 9.59 Å². The molecule has 2 heterocycles. The highest BCUT2D eigenvalue weighted by Gasteiger charge is 2.17. The Kier molecular flexibility index (Phi) is 5.75. The SMILES string of the molecule is COc1ccc(OC)c(NC(=O)Cn2nc3c(Oc4ccc(C)cc4)nccn3c2=O)c1. The van der Waals surface area contributed by atoms with Crippen LogP contribution in [0.5, 0.6) is 23.1 Å². The number of aryl methyl sites for hydroxylation is 1. The highest BCUT2D eigenvalue weighted by Crippen LogP contribution is 2.29. The van der Waals surface area contributed by atoms with Crippen molar-refractivity contribution in [3.8, 4) is 23.1 Å². The second-order valence-corrected chi connectivity index (χ2v) is 6.90. The molecular formula is C22H21N5O5. The van der Waals surface area contributed by atoms with Gasteiger partial charge in [-0.25, -0.2) is 18.9 Å². The van der Waals surface area contributed by atoms with E-state index in [4.69, 9.17) is 14.2 Å². The third-order valence-electron chi connectivity index (χ3n) is 4.68. The minimum absolute atomic E-state index is 0.155. The first-order valence-corrected chi connectivity index (χ1v) is 9.69. The van der Waals surface area contributed by atoms with E-state index < -0.39 is 11.6 Å². The second kappa shape index (κ2) is 8.80. The zero-order valence-corrected chi connectivity index (χ0v) is 17.7. The molecule has 0 spiro atoms. The molecule has 10 nitrogen and oxygen atoms in total. The number of hydrogen-bond acceptors (Lipinski definition) is 7. The van der Waals surface area contributed by atoms with Gasteiger partial charge in [-0.1, -0.05) is 17.7 Å². The van der Waals surface area contributed by atoms with Crippen molar-refractivity contribution in [2.45, 2.75) is 13.5 Å². The molecule has 0 aliphatic carbocycles. The summed E-state index contributed by atoms with van der Waals surface area (Å²) in [6.07, 6.45) is 2.90. The van der Waals surface area contributed by atoms with Crippen LogP contribution in [0.15, 0.2) is 59.7 Å². The van der Waals surface area contributed by atoms with Crippen molar-refractivity contribution in [3.63, 3.8) is 0 Å². The van der Waals surface area contributed by atoms with Crippen LogP contribution in [0.3, 0.4) is 0 Å². The third-order valence-corrected chi connectivity index (χ3v) is 4.68. The van der Waals surface area contributed by atoms with Crippen LogP contribution in [0.1, 0.15) is 5.56 Å². The van der Waals surface area contributed by atoms with E-state index in [1.54, 1.807) is 30.3 Å². The third kappa shape index (κ3) is 4.24. The van der Waals surface area contributed by atoms with Crippen LogP contribution in [-0.2, 0) is 11.3 Å². The second-order valence-electron chi connectivity index (χ2n) is 6.90. The number of fused-ring (bicyclic) bond motifs is 1. The van der Waals surface area contributed by atoms with Crippen LogP contribution < -0.4 is 25.2 Å². The minimum Gasteiger partial charge on any atom is -0.497 e. The number of hydrogen-bond donors (Lipinski definition) is 1. The first-order valence-electron chi connectivity index (χ1n) is 9.69. The minimum atomic E-state index is -0.496. The number of aromatic nitrogens is 4. The molecule has 0 atom stereocenters. The molecule has 0 bridgehead atoms. The van der Waals surface area contributed by atoms with Gasteiger partial charge >= 0.3 is 5.69 Å². The molecule has 0 unspecified atom stereocenters. The molecule has 0 fully saturated rings. The van der Waals surface area contributed by atoms with Crippen LogP contribution >= 0.6 is 0 Å². The lowest BCUT2D eigenvalue weighted by Crippen LogP contribution is -2.28. The number of carbonyl (C=O) groups excluding carboxylic acids is 1. The molecule has 2 aromatic carbocycles. The standard InChI is InChI=1S/C22H21N5O5/c1-14-4-6-15(7-5-14)32-21-20-25-27(22(29)26(20)11-10-23-21)13-19(28)24-17-12-16(30-2)8-9-18(17)31-3/h4-12H,13H2,1-3H3,(H,24,28). The molecule has 1 N–H and O–H groups in total. The monoisotopic (exact) mass is 435 g/mol. The Morgan fingerprint density at radius 3 is 2.53 bits per heavy atom. The summed E-state index contributed by atoms with van der Waals surface area (Å²) >= 11 is 0. The lowest BCUT2D eigenvalue weighted by Gasteiger charge is -2.11. The van der Waals surface area contributed by atoms with Crippen molar-refractivity contribution < 1.29 is 19.0 Å². The highest BCUT2D eigenvalue weighted by atomic mass is 16.5. The Bertz CT molecular complexity index is 1330. The fourth-order valence-corrected chi connectivity index (χ4v) is 3.06. The summed E-state index contributed by atoms with van der Waals surface area (Å²) < 4.78 is 18.6. The van der Waals surface area contributed by atoms with Gasteiger partial charge in [0, 0.05) is 18.5 Å². The average Bonchev–Trinajstić information content (AvgIpc) is 3.11. The average molecular weight is 435 g/mol. The molecule has 0 saturated carbocycles. The van der Waals surface area contributed by atoms with Crippen molar-refractivity contribution in [2.75, 3.05) is 19.5 Å². The molecule has 4 rings (SSSR count). The predicted molar refractivity (Wildman–Crippen MR) is 117 cm³/mol. The number of anilines is 1. The lowest BCUT2D eigenvalue weighted by molar-refractivity contribution is -0.117. The van der Waals surface area contributed by atoms with Crippen molar-refractivity contribution >= 4 is 17.2 Å². The summed E-state index contributed by atoms with van der Waals surface area (Å²) in [5, 5.41) is 6.96. The molecule has 4 aromatic rings. The van der Waals surface area contributed by atoms with Crippen molar-refractivity contribution in [3.05, 3.63) is 70.9 Å². The Morgan fingerprint density at radius 2 is 1.81 bits per heavy atom. The molecule has 0 radical (unpaired) electrons. The molecule has 0 aliphatic rings. The van der Waals surface area contributed by atoms with E-state index >= 15 is 0 Å². The Labute approximate surface area is 183 Å². The van der Waals surface area contributed by atoms with Gasteiger partial charge in [0.2, 0.25) is 11.6 Å². The van der Waals surface area contributed by atoms with Gasteiger partial charge in [0.15, 0.2) is 0 Å². The topological polar surface area (TPSA) is 109 Å². The Balaban J connectivity index is 1.59. The zero-order valence-electron chi connectivity index (χ0n) is 17.7. The van der Waals surface area contributed by atoms with Crippen LogP contribution in [0.25, 0.3) is 5.65 Å². The molecule has 10 heteroatoms. The Hall–Kier alpha value is -4.34. The summed E-state index contributed by atoms with van der Waals surface area (Å²) in [7, 11) is 3.01.